The summed E-state index contributed by atoms with van der Waals surface area (Å²) in [7, 11) is 0. The van der Waals surface area contributed by atoms with Gasteiger partial charge in [-0.05, 0) is 167 Å². The van der Waals surface area contributed by atoms with E-state index in [2.05, 4.69) is 141 Å². The molecular weight excluding hydrogens is 772 g/mol. The van der Waals surface area contributed by atoms with Gasteiger partial charge in [0.05, 0.1) is 0 Å². The Labute approximate surface area is 206 Å². The highest BCUT2D eigenvalue weighted by Crippen LogP contribution is 2.46. The van der Waals surface area contributed by atoms with Gasteiger partial charge in [0, 0.05) is 30.4 Å². The zero-order valence-corrected chi connectivity index (χ0v) is 22.6. The molecule has 0 aliphatic carbocycles. The molecule has 0 spiro atoms. The molecule has 0 fully saturated rings. The van der Waals surface area contributed by atoms with Crippen molar-refractivity contribution in [2.45, 2.75) is 13.8 Å². The molecule has 0 aliphatic heterocycles. The molecule has 0 aliphatic rings. The molecule has 0 saturated heterocycles. The predicted octanol–water partition coefficient (Wildman–Crippen LogP) is 8.77. The monoisotopic (exact) mass is 784 g/mol. The minimum Gasteiger partial charge on any atom is -0.0526 e. The van der Waals surface area contributed by atoms with Gasteiger partial charge in [-0.15, -0.1) is 0 Å². The molecule has 0 N–H and O–H groups in total. The van der Waals surface area contributed by atoms with Crippen molar-refractivity contribution in [1.82, 2.24) is 0 Å². The van der Waals surface area contributed by atoms with Crippen LogP contribution in [0.4, 0.5) is 0 Å². The second-order valence-corrected chi connectivity index (χ2v) is 11.4. The maximum Gasteiger partial charge on any atom is 0.0222 e. The zero-order valence-electron chi connectivity index (χ0n) is 14.0. The van der Waals surface area contributed by atoms with Crippen molar-refractivity contribution in [3.63, 3.8) is 0 Å². The van der Waals surface area contributed by atoms with Crippen molar-refractivity contribution in [3.8, 4) is 0 Å². The molecule has 0 bridgehead atoms. The second-order valence-electron chi connectivity index (χ2n) is 6.79. The first kappa shape index (κ1) is 18.4. The van der Waals surface area contributed by atoms with Gasteiger partial charge < -0.3 is 0 Å². The van der Waals surface area contributed by atoms with Gasteiger partial charge in [-0.1, -0.05) is 12.1 Å². The Kier molecular flexibility index (Phi) is 4.53. The summed E-state index contributed by atoms with van der Waals surface area (Å²) in [5, 5.41) is 11.3. The number of rotatable bonds is 0. The van der Waals surface area contributed by atoms with E-state index in [1.165, 1.54) is 68.5 Å². The van der Waals surface area contributed by atoms with Crippen LogP contribution in [0.5, 0.6) is 0 Å². The zero-order chi connectivity index (χ0) is 18.3. The third-order valence-electron chi connectivity index (χ3n) is 5.30. The average molecular weight is 784 g/mol. The molecule has 0 unspecified atom stereocenters. The maximum atomic E-state index is 2.50. The van der Waals surface area contributed by atoms with Crippen LogP contribution in [0.2, 0.25) is 0 Å². The lowest BCUT2D eigenvalue weighted by Gasteiger charge is -2.20. The van der Waals surface area contributed by atoms with Crippen LogP contribution in [0.1, 0.15) is 11.1 Å². The van der Waals surface area contributed by atoms with E-state index in [0.717, 1.165) is 0 Å². The van der Waals surface area contributed by atoms with Crippen LogP contribution in [0.25, 0.3) is 43.1 Å². The Morgan fingerprint density at radius 3 is 1.35 bits per heavy atom. The summed E-state index contributed by atoms with van der Waals surface area (Å²) in [6, 6.07) is 13.9. The number of benzene rings is 5. The van der Waals surface area contributed by atoms with Crippen molar-refractivity contribution in [2.75, 3.05) is 0 Å². The molecule has 5 aromatic rings. The summed E-state index contributed by atoms with van der Waals surface area (Å²) >= 11 is 9.98. The molecule has 0 saturated carbocycles. The van der Waals surface area contributed by atoms with Crippen molar-refractivity contribution >= 4 is 133 Å². The Bertz CT molecular complexity index is 1280. The fraction of sp³-hybridized carbons (Fsp3) is 0.0909. The lowest BCUT2D eigenvalue weighted by molar-refractivity contribution is 1.50. The number of hydrogen-bond acceptors (Lipinski definition) is 0. The SMILES string of the molecule is Cc1cc(I)c2c(I)cc(C)c3c4ccc(I)c5c(I)ccc(c1c23)c54. The summed E-state index contributed by atoms with van der Waals surface area (Å²) in [4.78, 5) is 0. The molecule has 0 aromatic heterocycles. The lowest BCUT2D eigenvalue weighted by Crippen LogP contribution is -1.96. The van der Waals surface area contributed by atoms with E-state index in [1.54, 1.807) is 0 Å². The Hall–Kier alpha value is 0.320. The molecule has 128 valence electrons. The minimum absolute atomic E-state index is 1.33. The second kappa shape index (κ2) is 6.41. The summed E-state index contributed by atoms with van der Waals surface area (Å²) in [6.45, 7) is 4.53. The molecular formula is C22H12I4. The van der Waals surface area contributed by atoms with E-state index < -0.39 is 0 Å². The van der Waals surface area contributed by atoms with Crippen molar-refractivity contribution in [3.05, 3.63) is 61.8 Å². The molecule has 0 heterocycles. The quantitative estimate of drug-likeness (QED) is 0.0838. The topological polar surface area (TPSA) is 0 Å². The molecule has 0 nitrogen and oxygen atoms in total. The molecule has 0 atom stereocenters. The van der Waals surface area contributed by atoms with Gasteiger partial charge in [0.1, 0.15) is 0 Å². The molecule has 5 aromatic carbocycles. The van der Waals surface area contributed by atoms with Gasteiger partial charge in [-0.2, -0.15) is 0 Å². The summed E-state index contributed by atoms with van der Waals surface area (Å²) in [5.74, 6) is 0. The van der Waals surface area contributed by atoms with Crippen LogP contribution in [0.3, 0.4) is 0 Å². The van der Waals surface area contributed by atoms with Crippen LogP contribution in [0.15, 0.2) is 36.4 Å². The third-order valence-corrected chi connectivity index (χ3v) is 8.80. The highest BCUT2D eigenvalue weighted by atomic mass is 127. The van der Waals surface area contributed by atoms with Gasteiger partial charge in [-0.25, -0.2) is 0 Å². The Morgan fingerprint density at radius 1 is 0.462 bits per heavy atom. The highest BCUT2D eigenvalue weighted by molar-refractivity contribution is 14.1. The van der Waals surface area contributed by atoms with Gasteiger partial charge in [0.2, 0.25) is 0 Å². The summed E-state index contributed by atoms with van der Waals surface area (Å²) in [6.07, 6.45) is 0. The van der Waals surface area contributed by atoms with Crippen LogP contribution in [0, 0.1) is 28.1 Å². The number of aryl methyl sites for hydroxylation is 2. The molecule has 26 heavy (non-hydrogen) atoms. The molecule has 0 amide bonds. The van der Waals surface area contributed by atoms with Gasteiger partial charge in [-0.3, -0.25) is 0 Å². The predicted molar refractivity (Wildman–Crippen MR) is 148 cm³/mol. The Morgan fingerprint density at radius 2 is 0.885 bits per heavy atom. The first-order valence-corrected chi connectivity index (χ1v) is 12.5. The molecule has 4 heteroatoms. The standard InChI is InChI=1S/C22H12I4/c1-9-7-15(25)21-16(26)8-10(2)18-12-4-6-14(24)20-13(23)5-3-11(19(12)20)17(9)22(18)21/h3-8H,1-2H3. The fourth-order valence-electron chi connectivity index (χ4n) is 4.32. The van der Waals surface area contributed by atoms with Gasteiger partial charge in [0.15, 0.2) is 0 Å². The molecule has 0 radical (unpaired) electrons. The van der Waals surface area contributed by atoms with Crippen LogP contribution in [-0.4, -0.2) is 0 Å². The van der Waals surface area contributed by atoms with Gasteiger partial charge in [0.25, 0.3) is 0 Å². The largest absolute Gasteiger partial charge is 0.0526 e. The Balaban J connectivity index is 2.32. The minimum atomic E-state index is 1.33. The van der Waals surface area contributed by atoms with Crippen molar-refractivity contribution in [1.29, 1.82) is 0 Å². The number of halogens is 4. The van der Waals surface area contributed by atoms with Crippen molar-refractivity contribution < 1.29 is 0 Å². The van der Waals surface area contributed by atoms with Crippen LogP contribution >= 0.6 is 90.4 Å². The first-order valence-electron chi connectivity index (χ1n) is 8.23. The average Bonchev–Trinajstić information content (AvgIpc) is 2.57. The van der Waals surface area contributed by atoms with E-state index in [1.807, 2.05) is 0 Å². The maximum absolute atomic E-state index is 2.50. The number of hydrogen-bond donors (Lipinski definition) is 0. The van der Waals surface area contributed by atoms with E-state index in [0.29, 0.717) is 0 Å². The summed E-state index contributed by atoms with van der Waals surface area (Å²) < 4.78 is 5.36. The first-order chi connectivity index (χ1) is 12.4. The van der Waals surface area contributed by atoms with Crippen molar-refractivity contribution in [2.24, 2.45) is 0 Å². The van der Waals surface area contributed by atoms with E-state index in [-0.39, 0.29) is 0 Å². The van der Waals surface area contributed by atoms with E-state index in [9.17, 15) is 0 Å². The van der Waals surface area contributed by atoms with Crippen LogP contribution < -0.4 is 0 Å². The van der Waals surface area contributed by atoms with E-state index in [4.69, 9.17) is 0 Å². The normalized spacial score (nSPS) is 12.2. The third kappa shape index (κ3) is 2.39. The fourth-order valence-corrected chi connectivity index (χ4v) is 8.88. The smallest absolute Gasteiger partial charge is 0.0222 e. The molecule has 5 rings (SSSR count). The highest BCUT2D eigenvalue weighted by Gasteiger charge is 2.20. The van der Waals surface area contributed by atoms with Crippen LogP contribution in [-0.2, 0) is 0 Å². The number of fused-ring (bicyclic) bond motifs is 2. The van der Waals surface area contributed by atoms with Gasteiger partial charge >= 0.3 is 0 Å². The summed E-state index contributed by atoms with van der Waals surface area (Å²) in [5.41, 5.74) is 2.74. The lowest BCUT2D eigenvalue weighted by atomic mass is 9.86. The van der Waals surface area contributed by atoms with E-state index >= 15 is 0 Å².